The molecule has 13 heavy (non-hydrogen) atoms. The Kier molecular flexibility index (Phi) is 1.80. The number of nitrogens with two attached hydrogens (primary N) is 1. The molecular formula is C9H11NO2S. The van der Waals surface area contributed by atoms with Gasteiger partial charge in [0.25, 0.3) is 0 Å². The Bertz CT molecular complexity index is 437. The lowest BCUT2D eigenvalue weighted by Crippen LogP contribution is -2.17. The largest absolute Gasteiger partial charge is 0.398 e. The monoisotopic (exact) mass is 197 g/mol. The van der Waals surface area contributed by atoms with Crippen molar-refractivity contribution in [2.24, 2.45) is 0 Å². The van der Waals surface area contributed by atoms with E-state index in [0.29, 0.717) is 17.0 Å². The van der Waals surface area contributed by atoms with Crippen molar-refractivity contribution in [3.05, 3.63) is 23.8 Å². The smallest absolute Gasteiger partial charge is 0.180 e. The first-order valence-electron chi connectivity index (χ1n) is 4.21. The first-order valence-corrected chi connectivity index (χ1v) is 5.86. The van der Waals surface area contributed by atoms with Gasteiger partial charge in [0.15, 0.2) is 9.84 Å². The van der Waals surface area contributed by atoms with Crippen LogP contribution in [0.3, 0.4) is 0 Å². The predicted molar refractivity (Wildman–Crippen MR) is 51.2 cm³/mol. The van der Waals surface area contributed by atoms with Crippen LogP contribution in [0.1, 0.15) is 12.0 Å². The van der Waals surface area contributed by atoms with E-state index in [1.54, 1.807) is 12.1 Å². The van der Waals surface area contributed by atoms with E-state index in [1.165, 1.54) is 0 Å². The van der Waals surface area contributed by atoms with E-state index in [4.69, 9.17) is 5.73 Å². The highest BCUT2D eigenvalue weighted by atomic mass is 32.2. The Balaban J connectivity index is 2.75. The van der Waals surface area contributed by atoms with Gasteiger partial charge in [0.2, 0.25) is 0 Å². The standard InChI is InChI=1S/C9H11NO2S/c10-8-5-1-3-7-4-2-6-13(11,12)9(7)8/h1,3,5H,2,4,6,10H2. The second-order valence-electron chi connectivity index (χ2n) is 3.26. The van der Waals surface area contributed by atoms with E-state index in [-0.39, 0.29) is 5.75 Å². The van der Waals surface area contributed by atoms with E-state index < -0.39 is 9.84 Å². The van der Waals surface area contributed by atoms with E-state index in [1.807, 2.05) is 6.07 Å². The molecule has 1 aromatic rings. The maximum absolute atomic E-state index is 11.6. The average Bonchev–Trinajstić information content (AvgIpc) is 2.02. The molecule has 0 aliphatic carbocycles. The maximum atomic E-state index is 11.6. The minimum atomic E-state index is -3.10. The second kappa shape index (κ2) is 2.73. The van der Waals surface area contributed by atoms with Crippen molar-refractivity contribution >= 4 is 15.5 Å². The molecule has 0 atom stereocenters. The van der Waals surface area contributed by atoms with Gasteiger partial charge < -0.3 is 5.73 Å². The number of benzene rings is 1. The Morgan fingerprint density at radius 3 is 2.77 bits per heavy atom. The summed E-state index contributed by atoms with van der Waals surface area (Å²) in [5, 5.41) is 0. The quantitative estimate of drug-likeness (QED) is 0.631. The molecule has 0 radical (unpaired) electrons. The van der Waals surface area contributed by atoms with Crippen molar-refractivity contribution in [2.75, 3.05) is 11.5 Å². The van der Waals surface area contributed by atoms with Gasteiger partial charge in [-0.15, -0.1) is 0 Å². The number of aryl methyl sites for hydroxylation is 1. The van der Waals surface area contributed by atoms with Crippen molar-refractivity contribution in [3.8, 4) is 0 Å². The predicted octanol–water partition coefficient (Wildman–Crippen LogP) is 0.989. The molecule has 0 aromatic heterocycles. The fourth-order valence-corrected chi connectivity index (χ4v) is 3.46. The molecule has 3 nitrogen and oxygen atoms in total. The van der Waals surface area contributed by atoms with Crippen molar-refractivity contribution in [2.45, 2.75) is 17.7 Å². The first-order chi connectivity index (χ1) is 6.11. The van der Waals surface area contributed by atoms with Gasteiger partial charge in [0.1, 0.15) is 0 Å². The summed E-state index contributed by atoms with van der Waals surface area (Å²) >= 11 is 0. The van der Waals surface area contributed by atoms with Crippen LogP contribution >= 0.6 is 0 Å². The number of rotatable bonds is 0. The third-order valence-corrected chi connectivity index (χ3v) is 4.24. The fraction of sp³-hybridized carbons (Fsp3) is 0.333. The van der Waals surface area contributed by atoms with Crippen LogP contribution in [-0.2, 0) is 16.3 Å². The molecule has 0 bridgehead atoms. The Labute approximate surface area is 77.5 Å². The lowest BCUT2D eigenvalue weighted by atomic mass is 10.1. The van der Waals surface area contributed by atoms with Crippen LogP contribution in [0.5, 0.6) is 0 Å². The van der Waals surface area contributed by atoms with E-state index in [2.05, 4.69) is 0 Å². The fourth-order valence-electron chi connectivity index (χ4n) is 1.74. The lowest BCUT2D eigenvalue weighted by molar-refractivity contribution is 0.587. The molecule has 0 fully saturated rings. The van der Waals surface area contributed by atoms with Crippen molar-refractivity contribution in [1.82, 2.24) is 0 Å². The zero-order valence-corrected chi connectivity index (χ0v) is 7.97. The number of nitrogen functional groups attached to an aromatic ring is 1. The molecule has 70 valence electrons. The van der Waals surface area contributed by atoms with Crippen molar-refractivity contribution in [3.63, 3.8) is 0 Å². The van der Waals surface area contributed by atoms with Crippen LogP contribution in [0, 0.1) is 0 Å². The van der Waals surface area contributed by atoms with Gasteiger partial charge in [0, 0.05) is 0 Å². The minimum Gasteiger partial charge on any atom is -0.398 e. The topological polar surface area (TPSA) is 60.2 Å². The Morgan fingerprint density at radius 1 is 1.31 bits per heavy atom. The van der Waals surface area contributed by atoms with Gasteiger partial charge in [-0.05, 0) is 24.5 Å². The molecule has 1 aliphatic rings. The summed E-state index contributed by atoms with van der Waals surface area (Å²) in [4.78, 5) is 0.362. The van der Waals surface area contributed by atoms with Gasteiger partial charge in [-0.25, -0.2) is 8.42 Å². The molecule has 0 amide bonds. The maximum Gasteiger partial charge on any atom is 0.180 e. The summed E-state index contributed by atoms with van der Waals surface area (Å²) in [6.07, 6.45) is 1.53. The van der Waals surface area contributed by atoms with Gasteiger partial charge in [-0.3, -0.25) is 0 Å². The molecule has 4 heteroatoms. The van der Waals surface area contributed by atoms with Crippen LogP contribution < -0.4 is 5.73 Å². The number of fused-ring (bicyclic) bond motifs is 1. The number of hydrogen-bond acceptors (Lipinski definition) is 3. The molecule has 2 rings (SSSR count). The number of hydrogen-bond donors (Lipinski definition) is 1. The number of sulfone groups is 1. The van der Waals surface area contributed by atoms with Crippen LogP contribution in [-0.4, -0.2) is 14.2 Å². The van der Waals surface area contributed by atoms with Crippen LogP contribution in [0.4, 0.5) is 5.69 Å². The van der Waals surface area contributed by atoms with E-state index in [0.717, 1.165) is 12.0 Å². The third-order valence-electron chi connectivity index (χ3n) is 2.30. The molecule has 1 heterocycles. The summed E-state index contributed by atoms with van der Waals surface area (Å²) < 4.78 is 23.2. The van der Waals surface area contributed by atoms with Crippen LogP contribution in [0.25, 0.3) is 0 Å². The average molecular weight is 197 g/mol. The summed E-state index contributed by atoms with van der Waals surface area (Å²) in [7, 11) is -3.10. The molecular weight excluding hydrogens is 186 g/mol. The van der Waals surface area contributed by atoms with Gasteiger partial charge in [-0.1, -0.05) is 12.1 Å². The number of anilines is 1. The van der Waals surface area contributed by atoms with Crippen molar-refractivity contribution < 1.29 is 8.42 Å². The first kappa shape index (κ1) is 8.56. The molecule has 1 aromatic carbocycles. The second-order valence-corrected chi connectivity index (χ2v) is 5.30. The molecule has 2 N–H and O–H groups in total. The van der Waals surface area contributed by atoms with E-state index >= 15 is 0 Å². The molecule has 0 spiro atoms. The zero-order valence-electron chi connectivity index (χ0n) is 7.16. The Hall–Kier alpha value is -1.03. The lowest BCUT2D eigenvalue weighted by Gasteiger charge is -2.17. The highest BCUT2D eigenvalue weighted by Gasteiger charge is 2.25. The van der Waals surface area contributed by atoms with Crippen molar-refractivity contribution in [1.29, 1.82) is 0 Å². The molecule has 0 unspecified atom stereocenters. The molecule has 0 saturated heterocycles. The highest BCUT2D eigenvalue weighted by Crippen LogP contribution is 2.29. The summed E-state index contributed by atoms with van der Waals surface area (Å²) in [6.45, 7) is 0. The van der Waals surface area contributed by atoms with E-state index in [9.17, 15) is 8.42 Å². The minimum absolute atomic E-state index is 0.230. The Morgan fingerprint density at radius 2 is 2.08 bits per heavy atom. The SMILES string of the molecule is Nc1cccc2c1S(=O)(=O)CCC2. The van der Waals surface area contributed by atoms with Crippen LogP contribution in [0.15, 0.2) is 23.1 Å². The molecule has 1 aliphatic heterocycles. The highest BCUT2D eigenvalue weighted by molar-refractivity contribution is 7.91. The summed E-state index contributed by atoms with van der Waals surface area (Å²) in [5.41, 5.74) is 6.89. The van der Waals surface area contributed by atoms with Gasteiger partial charge in [-0.2, -0.15) is 0 Å². The normalized spacial score (nSPS) is 19.4. The summed E-state index contributed by atoms with van der Waals surface area (Å²) in [6, 6.07) is 5.28. The van der Waals surface area contributed by atoms with Gasteiger partial charge >= 0.3 is 0 Å². The van der Waals surface area contributed by atoms with Crippen LogP contribution in [0.2, 0.25) is 0 Å². The third kappa shape index (κ3) is 1.31. The van der Waals surface area contributed by atoms with Gasteiger partial charge in [0.05, 0.1) is 16.3 Å². The molecule has 0 saturated carbocycles. The summed E-state index contributed by atoms with van der Waals surface area (Å²) in [5.74, 6) is 0.230. The zero-order chi connectivity index (χ0) is 9.47.